The first kappa shape index (κ1) is 30.2. The second-order valence-electron chi connectivity index (χ2n) is 10.9. The highest BCUT2D eigenvalue weighted by atomic mass is 32.2. The third-order valence-corrected chi connectivity index (χ3v) is 9.14. The zero-order valence-corrected chi connectivity index (χ0v) is 24.1. The highest BCUT2D eigenvalue weighted by Crippen LogP contribution is 2.32. The molecule has 40 heavy (non-hydrogen) atoms. The van der Waals surface area contributed by atoms with Gasteiger partial charge in [-0.25, -0.2) is 12.8 Å². The number of ether oxygens (including phenoxy) is 1. The molecule has 11 heteroatoms. The molecule has 0 radical (unpaired) electrons. The number of nitrogens with one attached hydrogen (secondary N) is 3. The first-order valence-electron chi connectivity index (χ1n) is 14.1. The van der Waals surface area contributed by atoms with E-state index in [9.17, 15) is 18.3 Å². The maximum atomic E-state index is 16.0. The molecule has 0 spiro atoms. The van der Waals surface area contributed by atoms with Crippen molar-refractivity contribution in [3.8, 4) is 0 Å². The standard InChI is InChI=1S/C29H41FN4O5S/c1-20(2)32-23-17-24(28(30)26(18-23)34-12-6-7-15-40(34,37)38)29(36)33-25(16-21-8-4-3-5-9-21)27(35)19-31-22-10-13-39-14-11-22/h3-5,8-9,17-18,20,22,25,27,31-32,35H,6-7,10-16,19H2,1-2H3,(H,33,36)/t25-,27+/m0/s1. The van der Waals surface area contributed by atoms with Gasteiger partial charge in [-0.3, -0.25) is 9.10 Å². The van der Waals surface area contributed by atoms with E-state index in [0.717, 1.165) is 22.7 Å². The SMILES string of the molecule is CC(C)Nc1cc(C(=O)N[C@@H](Cc2ccccc2)[C@H](O)CNC2CCOCC2)c(F)c(N2CCCCS2(=O)=O)c1. The molecule has 0 aliphatic carbocycles. The van der Waals surface area contributed by atoms with Gasteiger partial charge in [0.05, 0.1) is 29.1 Å². The van der Waals surface area contributed by atoms with Crippen LogP contribution in [0.3, 0.4) is 0 Å². The number of amides is 1. The lowest BCUT2D eigenvalue weighted by Gasteiger charge is -2.30. The third kappa shape index (κ3) is 7.93. The van der Waals surface area contributed by atoms with Crippen molar-refractivity contribution in [3.63, 3.8) is 0 Å². The summed E-state index contributed by atoms with van der Waals surface area (Å²) in [4.78, 5) is 13.6. The topological polar surface area (TPSA) is 120 Å². The third-order valence-electron chi connectivity index (χ3n) is 7.29. The van der Waals surface area contributed by atoms with Crippen molar-refractivity contribution in [1.29, 1.82) is 0 Å². The molecule has 0 saturated carbocycles. The van der Waals surface area contributed by atoms with Crippen molar-refractivity contribution in [2.75, 3.05) is 41.7 Å². The van der Waals surface area contributed by atoms with Gasteiger partial charge in [-0.1, -0.05) is 30.3 Å². The van der Waals surface area contributed by atoms with Crippen LogP contribution in [0, 0.1) is 5.82 Å². The second kappa shape index (κ2) is 13.8. The number of carbonyl (C=O) groups excluding carboxylic acids is 1. The van der Waals surface area contributed by atoms with E-state index in [1.807, 2.05) is 44.2 Å². The van der Waals surface area contributed by atoms with Crippen molar-refractivity contribution in [2.24, 2.45) is 0 Å². The van der Waals surface area contributed by atoms with Crippen LogP contribution in [0.1, 0.15) is 55.5 Å². The van der Waals surface area contributed by atoms with Crippen molar-refractivity contribution in [3.05, 3.63) is 59.4 Å². The summed E-state index contributed by atoms with van der Waals surface area (Å²) in [7, 11) is -3.71. The molecule has 2 fully saturated rings. The Balaban J connectivity index is 1.61. The molecule has 1 amide bonds. The molecule has 2 atom stereocenters. The molecule has 2 aliphatic rings. The van der Waals surface area contributed by atoms with Gasteiger partial charge < -0.3 is 25.8 Å². The minimum Gasteiger partial charge on any atom is -0.390 e. The van der Waals surface area contributed by atoms with Crippen molar-refractivity contribution >= 4 is 27.3 Å². The summed E-state index contributed by atoms with van der Waals surface area (Å²) in [5.74, 6) is -1.68. The Labute approximate surface area is 236 Å². The molecule has 9 nitrogen and oxygen atoms in total. The summed E-state index contributed by atoms with van der Waals surface area (Å²) >= 11 is 0. The van der Waals surface area contributed by atoms with E-state index in [1.165, 1.54) is 12.1 Å². The quantitative estimate of drug-likeness (QED) is 0.325. The van der Waals surface area contributed by atoms with E-state index >= 15 is 4.39 Å². The highest BCUT2D eigenvalue weighted by molar-refractivity contribution is 7.92. The summed E-state index contributed by atoms with van der Waals surface area (Å²) in [5, 5.41) is 20.6. The molecule has 2 heterocycles. The first-order valence-corrected chi connectivity index (χ1v) is 15.7. The molecule has 2 aromatic rings. The fraction of sp³-hybridized carbons (Fsp3) is 0.552. The number of rotatable bonds is 11. The Bertz CT molecular complexity index is 1240. The number of hydrogen-bond acceptors (Lipinski definition) is 7. The van der Waals surface area contributed by atoms with Crippen LogP contribution in [0.2, 0.25) is 0 Å². The van der Waals surface area contributed by atoms with Gasteiger partial charge in [0.2, 0.25) is 10.0 Å². The number of aliphatic hydroxyl groups excluding tert-OH is 1. The molecule has 2 saturated heterocycles. The maximum absolute atomic E-state index is 16.0. The number of hydrogen-bond donors (Lipinski definition) is 4. The van der Waals surface area contributed by atoms with E-state index in [2.05, 4.69) is 16.0 Å². The fourth-order valence-corrected chi connectivity index (χ4v) is 6.79. The Morgan fingerprint density at radius 2 is 1.88 bits per heavy atom. The Kier molecular flexibility index (Phi) is 10.4. The number of sulfonamides is 1. The Hall–Kier alpha value is -2.73. The van der Waals surface area contributed by atoms with Gasteiger partial charge in [-0.15, -0.1) is 0 Å². The first-order chi connectivity index (χ1) is 19.1. The van der Waals surface area contributed by atoms with E-state index in [0.29, 0.717) is 38.2 Å². The summed E-state index contributed by atoms with van der Waals surface area (Å²) in [6.07, 6.45) is 2.18. The van der Waals surface area contributed by atoms with Gasteiger partial charge in [-0.05, 0) is 63.6 Å². The molecule has 220 valence electrons. The summed E-state index contributed by atoms with van der Waals surface area (Å²) < 4.78 is 48.1. The van der Waals surface area contributed by atoms with Crippen LogP contribution in [0.4, 0.5) is 15.8 Å². The monoisotopic (exact) mass is 576 g/mol. The van der Waals surface area contributed by atoms with E-state index in [4.69, 9.17) is 4.74 Å². The minimum absolute atomic E-state index is 0.0314. The van der Waals surface area contributed by atoms with Gasteiger partial charge in [0.25, 0.3) is 5.91 Å². The summed E-state index contributed by atoms with van der Waals surface area (Å²) in [6, 6.07) is 11.8. The van der Waals surface area contributed by atoms with Crippen LogP contribution in [-0.2, 0) is 21.2 Å². The molecular formula is C29H41FN4O5S. The van der Waals surface area contributed by atoms with Crippen molar-refractivity contribution in [1.82, 2.24) is 10.6 Å². The lowest BCUT2D eigenvalue weighted by atomic mass is 9.99. The van der Waals surface area contributed by atoms with Gasteiger partial charge in [0.1, 0.15) is 0 Å². The van der Waals surface area contributed by atoms with Crippen LogP contribution in [0.5, 0.6) is 0 Å². The van der Waals surface area contributed by atoms with E-state index in [-0.39, 0.29) is 42.2 Å². The van der Waals surface area contributed by atoms with Gasteiger partial charge >= 0.3 is 0 Å². The fourth-order valence-electron chi connectivity index (χ4n) is 5.16. The number of benzene rings is 2. The zero-order valence-electron chi connectivity index (χ0n) is 23.2. The summed E-state index contributed by atoms with van der Waals surface area (Å²) in [5.41, 5.74) is 0.938. The maximum Gasteiger partial charge on any atom is 0.254 e. The molecule has 0 unspecified atom stereocenters. The number of carbonyl (C=O) groups is 1. The van der Waals surface area contributed by atoms with E-state index < -0.39 is 33.9 Å². The predicted octanol–water partition coefficient (Wildman–Crippen LogP) is 3.05. The number of anilines is 2. The minimum atomic E-state index is -3.71. The largest absolute Gasteiger partial charge is 0.390 e. The van der Waals surface area contributed by atoms with E-state index in [1.54, 1.807) is 0 Å². The van der Waals surface area contributed by atoms with Gasteiger partial charge in [0, 0.05) is 44.1 Å². The van der Waals surface area contributed by atoms with Gasteiger partial charge in [0.15, 0.2) is 5.82 Å². The number of halogens is 1. The van der Waals surface area contributed by atoms with Gasteiger partial charge in [-0.2, -0.15) is 0 Å². The normalized spacial score (nSPS) is 19.3. The molecule has 0 bridgehead atoms. The Morgan fingerprint density at radius 3 is 2.55 bits per heavy atom. The smallest absolute Gasteiger partial charge is 0.254 e. The average Bonchev–Trinajstić information content (AvgIpc) is 2.93. The molecule has 4 N–H and O–H groups in total. The lowest BCUT2D eigenvalue weighted by molar-refractivity contribution is 0.0656. The van der Waals surface area contributed by atoms with Crippen molar-refractivity contribution in [2.45, 2.75) is 70.2 Å². The lowest BCUT2D eigenvalue weighted by Crippen LogP contribution is -2.50. The molecule has 4 rings (SSSR count). The molecular weight excluding hydrogens is 535 g/mol. The van der Waals surface area contributed by atoms with Crippen LogP contribution < -0.4 is 20.3 Å². The number of aliphatic hydroxyl groups is 1. The molecule has 2 aromatic carbocycles. The van der Waals surface area contributed by atoms with Crippen molar-refractivity contribution < 1.29 is 27.4 Å². The summed E-state index contributed by atoms with van der Waals surface area (Å²) in [6.45, 7) is 5.52. The van der Waals surface area contributed by atoms with Crippen LogP contribution in [-0.4, -0.2) is 75.7 Å². The van der Waals surface area contributed by atoms with Crippen LogP contribution in [0.25, 0.3) is 0 Å². The zero-order chi connectivity index (χ0) is 28.7. The van der Waals surface area contributed by atoms with Crippen LogP contribution in [0.15, 0.2) is 42.5 Å². The average molecular weight is 577 g/mol. The Morgan fingerprint density at radius 1 is 1.15 bits per heavy atom. The second-order valence-corrected chi connectivity index (χ2v) is 12.9. The number of nitrogens with zero attached hydrogens (tertiary/aromatic N) is 1. The highest BCUT2D eigenvalue weighted by Gasteiger charge is 2.32. The molecule has 2 aliphatic heterocycles. The molecule has 0 aromatic heterocycles. The van der Waals surface area contributed by atoms with Crippen LogP contribution >= 0.6 is 0 Å². The predicted molar refractivity (Wildman–Crippen MR) is 155 cm³/mol.